The molecule has 0 aliphatic rings. The SMILES string of the molecule is O=C(OCCBr)c1ccnc(-c2cc(C(=O)OCCBr)ccn2)c1. The lowest BCUT2D eigenvalue weighted by molar-refractivity contribution is 0.0521. The van der Waals surface area contributed by atoms with Crippen molar-refractivity contribution < 1.29 is 19.1 Å². The van der Waals surface area contributed by atoms with Gasteiger partial charge >= 0.3 is 11.9 Å². The molecule has 6 nitrogen and oxygen atoms in total. The maximum Gasteiger partial charge on any atom is 0.338 e. The minimum atomic E-state index is -0.439. The van der Waals surface area contributed by atoms with Crippen LogP contribution in [-0.2, 0) is 9.47 Å². The van der Waals surface area contributed by atoms with Crippen molar-refractivity contribution in [2.24, 2.45) is 0 Å². The number of pyridine rings is 2. The molecule has 126 valence electrons. The van der Waals surface area contributed by atoms with Crippen LogP contribution in [0.1, 0.15) is 20.7 Å². The van der Waals surface area contributed by atoms with Crippen LogP contribution in [0.2, 0.25) is 0 Å². The molecule has 24 heavy (non-hydrogen) atoms. The van der Waals surface area contributed by atoms with E-state index in [1.54, 1.807) is 24.3 Å². The molecule has 0 radical (unpaired) electrons. The molecule has 0 aliphatic heterocycles. The molecule has 0 bridgehead atoms. The zero-order valence-electron chi connectivity index (χ0n) is 12.6. The van der Waals surface area contributed by atoms with Crippen LogP contribution in [0.5, 0.6) is 0 Å². The summed E-state index contributed by atoms with van der Waals surface area (Å²) in [6.07, 6.45) is 3.00. The summed E-state index contributed by atoms with van der Waals surface area (Å²) in [7, 11) is 0. The number of hydrogen-bond donors (Lipinski definition) is 0. The first-order chi connectivity index (χ1) is 11.7. The molecule has 0 saturated carbocycles. The first kappa shape index (κ1) is 18.5. The summed E-state index contributed by atoms with van der Waals surface area (Å²) in [6.45, 7) is 0.563. The number of esters is 2. The van der Waals surface area contributed by atoms with Crippen LogP contribution in [-0.4, -0.2) is 45.8 Å². The lowest BCUT2D eigenvalue weighted by atomic mass is 10.1. The van der Waals surface area contributed by atoms with Crippen LogP contribution in [0.25, 0.3) is 11.4 Å². The van der Waals surface area contributed by atoms with Gasteiger partial charge in [0, 0.05) is 23.1 Å². The van der Waals surface area contributed by atoms with Crippen LogP contribution in [0.4, 0.5) is 0 Å². The van der Waals surface area contributed by atoms with Crippen molar-refractivity contribution in [3.8, 4) is 11.4 Å². The van der Waals surface area contributed by atoms with Crippen molar-refractivity contribution in [3.63, 3.8) is 0 Å². The predicted molar refractivity (Wildman–Crippen MR) is 95.6 cm³/mol. The Morgan fingerprint density at radius 2 is 1.25 bits per heavy atom. The quantitative estimate of drug-likeness (QED) is 0.469. The third kappa shape index (κ3) is 5.10. The van der Waals surface area contributed by atoms with Gasteiger partial charge in [0.15, 0.2) is 0 Å². The van der Waals surface area contributed by atoms with Crippen LogP contribution in [0, 0.1) is 0 Å². The van der Waals surface area contributed by atoms with Crippen LogP contribution < -0.4 is 0 Å². The standard InChI is InChI=1S/C16H14Br2N2O4/c17-3-7-23-15(21)11-1-5-19-13(9-11)14-10-12(2-6-20-14)16(22)24-8-4-18/h1-2,5-6,9-10H,3-4,7-8H2. The summed E-state index contributed by atoms with van der Waals surface area (Å²) in [5.74, 6) is -0.878. The average molecular weight is 458 g/mol. The highest BCUT2D eigenvalue weighted by molar-refractivity contribution is 9.09. The van der Waals surface area contributed by atoms with Crippen molar-refractivity contribution >= 4 is 43.8 Å². The fourth-order valence-electron chi connectivity index (χ4n) is 1.82. The molecule has 8 heteroatoms. The molecule has 2 aromatic heterocycles. The minimum absolute atomic E-state index is 0.281. The molecule has 0 spiro atoms. The average Bonchev–Trinajstić information content (AvgIpc) is 2.64. The van der Waals surface area contributed by atoms with E-state index < -0.39 is 11.9 Å². The monoisotopic (exact) mass is 456 g/mol. The number of carbonyl (C=O) groups is 2. The first-order valence-corrected chi connectivity index (χ1v) is 9.28. The highest BCUT2D eigenvalue weighted by Gasteiger charge is 2.12. The van der Waals surface area contributed by atoms with Gasteiger partial charge in [0.2, 0.25) is 0 Å². The lowest BCUT2D eigenvalue weighted by Gasteiger charge is -2.06. The normalized spacial score (nSPS) is 10.2. The largest absolute Gasteiger partial charge is 0.461 e. The molecule has 0 fully saturated rings. The molecule has 0 atom stereocenters. The van der Waals surface area contributed by atoms with Crippen molar-refractivity contribution in [1.29, 1.82) is 0 Å². The van der Waals surface area contributed by atoms with Gasteiger partial charge in [-0.15, -0.1) is 0 Å². The molecule has 0 N–H and O–H groups in total. The van der Waals surface area contributed by atoms with Gasteiger partial charge in [-0.1, -0.05) is 31.9 Å². The molecule has 0 aliphatic carbocycles. The molecule has 0 unspecified atom stereocenters. The lowest BCUT2D eigenvalue weighted by Crippen LogP contribution is -2.08. The minimum Gasteiger partial charge on any atom is -0.461 e. The molecule has 2 rings (SSSR count). The van der Waals surface area contributed by atoms with E-state index in [2.05, 4.69) is 41.8 Å². The summed E-state index contributed by atoms with van der Waals surface area (Å²) in [4.78, 5) is 32.2. The highest BCUT2D eigenvalue weighted by atomic mass is 79.9. The van der Waals surface area contributed by atoms with Gasteiger partial charge in [0.25, 0.3) is 0 Å². The number of rotatable bonds is 7. The van der Waals surface area contributed by atoms with Gasteiger partial charge in [-0.05, 0) is 24.3 Å². The summed E-state index contributed by atoms with van der Waals surface area (Å²) in [5, 5.41) is 1.13. The van der Waals surface area contributed by atoms with Crippen LogP contribution >= 0.6 is 31.9 Å². The van der Waals surface area contributed by atoms with Gasteiger partial charge < -0.3 is 9.47 Å². The zero-order chi connectivity index (χ0) is 17.4. The van der Waals surface area contributed by atoms with Gasteiger partial charge in [0.1, 0.15) is 13.2 Å². The van der Waals surface area contributed by atoms with Crippen molar-refractivity contribution in [2.75, 3.05) is 23.9 Å². The third-order valence-corrected chi connectivity index (χ3v) is 3.52. The summed E-state index contributed by atoms with van der Waals surface area (Å²) in [6, 6.07) is 6.28. The Balaban J connectivity index is 2.22. The molecular weight excluding hydrogens is 444 g/mol. The Morgan fingerprint density at radius 1 is 0.833 bits per heavy atom. The Morgan fingerprint density at radius 3 is 1.62 bits per heavy atom. The van der Waals surface area contributed by atoms with Crippen molar-refractivity contribution in [1.82, 2.24) is 9.97 Å². The molecular formula is C16H14Br2N2O4. The van der Waals surface area contributed by atoms with Gasteiger partial charge in [0.05, 0.1) is 22.5 Å². The topological polar surface area (TPSA) is 78.4 Å². The van der Waals surface area contributed by atoms with Gasteiger partial charge in [-0.25, -0.2) is 9.59 Å². The first-order valence-electron chi connectivity index (χ1n) is 7.04. The molecule has 0 amide bonds. The fraction of sp³-hybridized carbons (Fsp3) is 0.250. The van der Waals surface area contributed by atoms with Crippen molar-refractivity contribution in [3.05, 3.63) is 47.8 Å². The second-order valence-electron chi connectivity index (χ2n) is 4.51. The number of nitrogens with zero attached hydrogens (tertiary/aromatic N) is 2. The van der Waals surface area contributed by atoms with E-state index in [1.807, 2.05) is 0 Å². The smallest absolute Gasteiger partial charge is 0.338 e. The Hall–Kier alpha value is -1.80. The maximum atomic E-state index is 11.9. The van der Waals surface area contributed by atoms with E-state index in [1.165, 1.54) is 12.4 Å². The Labute approximate surface area is 155 Å². The van der Waals surface area contributed by atoms with Crippen molar-refractivity contribution in [2.45, 2.75) is 0 Å². The van der Waals surface area contributed by atoms with E-state index >= 15 is 0 Å². The number of carbonyl (C=O) groups excluding carboxylic acids is 2. The zero-order valence-corrected chi connectivity index (χ0v) is 15.7. The molecule has 0 aromatic carbocycles. The number of halogens is 2. The van der Waals surface area contributed by atoms with E-state index in [-0.39, 0.29) is 13.2 Å². The second-order valence-corrected chi connectivity index (χ2v) is 6.10. The number of alkyl halides is 2. The number of ether oxygens (including phenoxy) is 2. The summed E-state index contributed by atoms with van der Waals surface area (Å²) < 4.78 is 10.1. The summed E-state index contributed by atoms with van der Waals surface area (Å²) >= 11 is 6.39. The van der Waals surface area contributed by atoms with Gasteiger partial charge in [-0.3, -0.25) is 9.97 Å². The maximum absolute atomic E-state index is 11.9. The van der Waals surface area contributed by atoms with E-state index in [9.17, 15) is 9.59 Å². The third-order valence-electron chi connectivity index (χ3n) is 2.87. The second kappa shape index (κ2) is 9.48. The predicted octanol–water partition coefficient (Wildman–Crippen LogP) is 3.25. The van der Waals surface area contributed by atoms with Crippen LogP contribution in [0.3, 0.4) is 0 Å². The molecule has 2 aromatic rings. The van der Waals surface area contributed by atoms with Crippen LogP contribution in [0.15, 0.2) is 36.7 Å². The summed E-state index contributed by atoms with van der Waals surface area (Å²) in [5.41, 5.74) is 1.68. The van der Waals surface area contributed by atoms with E-state index in [0.717, 1.165) is 0 Å². The Kier molecular flexibility index (Phi) is 7.33. The molecule has 2 heterocycles. The highest BCUT2D eigenvalue weighted by Crippen LogP contribution is 2.18. The van der Waals surface area contributed by atoms with E-state index in [0.29, 0.717) is 33.2 Å². The number of hydrogen-bond acceptors (Lipinski definition) is 6. The Bertz CT molecular complexity index is 663. The van der Waals surface area contributed by atoms with E-state index in [4.69, 9.17) is 9.47 Å². The molecule has 0 saturated heterocycles. The number of aromatic nitrogens is 2. The van der Waals surface area contributed by atoms with Gasteiger partial charge in [-0.2, -0.15) is 0 Å². The fourth-order valence-corrected chi connectivity index (χ4v) is 2.15.